The van der Waals surface area contributed by atoms with E-state index >= 15 is 0 Å². The summed E-state index contributed by atoms with van der Waals surface area (Å²) >= 11 is 0. The zero-order valence-electron chi connectivity index (χ0n) is 11.5. The molecular weight excluding hydrogens is 224 g/mol. The Balaban J connectivity index is 2.26. The number of nitrogens with zero attached hydrogens (tertiary/aromatic N) is 2. The lowest BCUT2D eigenvalue weighted by Crippen LogP contribution is -2.38. The highest BCUT2D eigenvalue weighted by molar-refractivity contribution is 5.77. The predicted molar refractivity (Wildman–Crippen MR) is 75.5 cm³/mol. The summed E-state index contributed by atoms with van der Waals surface area (Å²) in [7, 11) is 2.18. The van der Waals surface area contributed by atoms with Crippen LogP contribution in [0.4, 0.5) is 5.69 Å². The molecule has 98 valence electrons. The van der Waals surface area contributed by atoms with Gasteiger partial charge in [-0.25, -0.2) is 0 Å². The molecule has 0 N–H and O–H groups in total. The third-order valence-electron chi connectivity index (χ3n) is 3.71. The molecular formula is C15H22N2O. The van der Waals surface area contributed by atoms with E-state index in [2.05, 4.69) is 36.8 Å². The van der Waals surface area contributed by atoms with Crippen LogP contribution < -0.4 is 4.90 Å². The monoisotopic (exact) mass is 246 g/mol. The van der Waals surface area contributed by atoms with Gasteiger partial charge in [-0.05, 0) is 57.6 Å². The molecule has 2 rings (SSSR count). The molecule has 0 radical (unpaired) electrons. The quantitative estimate of drug-likeness (QED) is 0.748. The second-order valence-corrected chi connectivity index (χ2v) is 5.32. The van der Waals surface area contributed by atoms with Gasteiger partial charge < -0.3 is 9.80 Å². The summed E-state index contributed by atoms with van der Waals surface area (Å²) in [6, 6.07) is 6.49. The molecule has 0 aliphatic carbocycles. The summed E-state index contributed by atoms with van der Waals surface area (Å²) < 4.78 is 0. The highest BCUT2D eigenvalue weighted by atomic mass is 16.1. The molecule has 1 aromatic rings. The molecule has 1 heterocycles. The van der Waals surface area contributed by atoms with E-state index in [1.165, 1.54) is 17.7 Å². The Morgan fingerprint density at radius 3 is 2.78 bits per heavy atom. The van der Waals surface area contributed by atoms with Gasteiger partial charge in [0.05, 0.1) is 0 Å². The van der Waals surface area contributed by atoms with Gasteiger partial charge in [-0.1, -0.05) is 0 Å². The minimum Gasteiger partial charge on any atom is -0.367 e. The van der Waals surface area contributed by atoms with Crippen LogP contribution in [0.2, 0.25) is 0 Å². The van der Waals surface area contributed by atoms with Crippen LogP contribution in [-0.2, 0) is 0 Å². The Bertz CT molecular complexity index is 431. The molecule has 0 bridgehead atoms. The fraction of sp³-hybridized carbons (Fsp3) is 0.533. The summed E-state index contributed by atoms with van der Waals surface area (Å²) in [5.74, 6) is 0. The molecule has 1 fully saturated rings. The van der Waals surface area contributed by atoms with Gasteiger partial charge in [-0.15, -0.1) is 0 Å². The molecule has 3 heteroatoms. The van der Waals surface area contributed by atoms with Crippen LogP contribution in [0, 0.1) is 6.92 Å². The second kappa shape index (κ2) is 5.53. The number of hydrogen-bond donors (Lipinski definition) is 0. The molecule has 1 saturated heterocycles. The van der Waals surface area contributed by atoms with Gasteiger partial charge in [0.2, 0.25) is 0 Å². The normalized spacial score (nSPS) is 21.7. The molecule has 1 atom stereocenters. The average Bonchev–Trinajstić information content (AvgIpc) is 2.50. The second-order valence-electron chi connectivity index (χ2n) is 5.32. The van der Waals surface area contributed by atoms with Crippen molar-refractivity contribution in [3.05, 3.63) is 29.3 Å². The Kier molecular flexibility index (Phi) is 4.02. The number of likely N-dealkylation sites (N-methyl/N-ethyl adjacent to an activating group) is 1. The fourth-order valence-corrected chi connectivity index (χ4v) is 2.80. The Labute approximate surface area is 109 Å². The fourth-order valence-electron chi connectivity index (χ4n) is 2.80. The minimum atomic E-state index is 0.512. The number of aldehydes is 1. The summed E-state index contributed by atoms with van der Waals surface area (Å²) in [4.78, 5) is 15.6. The van der Waals surface area contributed by atoms with Crippen LogP contribution in [0.5, 0.6) is 0 Å². The van der Waals surface area contributed by atoms with Crippen LogP contribution in [0.25, 0.3) is 0 Å². The minimum absolute atomic E-state index is 0.512. The van der Waals surface area contributed by atoms with E-state index in [9.17, 15) is 4.79 Å². The molecule has 0 spiro atoms. The number of carbonyl (C=O) groups is 1. The summed E-state index contributed by atoms with van der Waals surface area (Å²) in [6.07, 6.45) is 2.10. The van der Waals surface area contributed by atoms with Crippen molar-refractivity contribution in [2.75, 3.05) is 31.6 Å². The molecule has 1 aromatic carbocycles. The maximum Gasteiger partial charge on any atom is 0.150 e. The highest BCUT2D eigenvalue weighted by Crippen LogP contribution is 2.24. The third kappa shape index (κ3) is 2.72. The smallest absolute Gasteiger partial charge is 0.150 e. The van der Waals surface area contributed by atoms with E-state index in [4.69, 9.17) is 0 Å². The zero-order chi connectivity index (χ0) is 13.1. The molecule has 1 aliphatic heterocycles. The van der Waals surface area contributed by atoms with E-state index in [-0.39, 0.29) is 0 Å². The highest BCUT2D eigenvalue weighted by Gasteiger charge is 2.20. The Morgan fingerprint density at radius 1 is 1.33 bits per heavy atom. The SMILES string of the molecule is Cc1cc(C=O)ccc1N1CCCN(C)CC1C. The van der Waals surface area contributed by atoms with E-state index < -0.39 is 0 Å². The lowest BCUT2D eigenvalue weighted by molar-refractivity contribution is 0.112. The van der Waals surface area contributed by atoms with E-state index in [0.717, 1.165) is 31.5 Å². The van der Waals surface area contributed by atoms with Gasteiger partial charge in [0.1, 0.15) is 6.29 Å². The maximum absolute atomic E-state index is 10.8. The molecule has 0 saturated carbocycles. The Morgan fingerprint density at radius 2 is 2.11 bits per heavy atom. The lowest BCUT2D eigenvalue weighted by Gasteiger charge is -2.31. The topological polar surface area (TPSA) is 23.6 Å². The van der Waals surface area contributed by atoms with Crippen molar-refractivity contribution >= 4 is 12.0 Å². The number of rotatable bonds is 2. The lowest BCUT2D eigenvalue weighted by atomic mass is 10.1. The van der Waals surface area contributed by atoms with Crippen molar-refractivity contribution in [2.24, 2.45) is 0 Å². The van der Waals surface area contributed by atoms with Crippen molar-refractivity contribution in [3.8, 4) is 0 Å². The van der Waals surface area contributed by atoms with Crippen LogP contribution in [0.3, 0.4) is 0 Å². The van der Waals surface area contributed by atoms with Crippen molar-refractivity contribution in [3.63, 3.8) is 0 Å². The molecule has 1 unspecified atom stereocenters. The molecule has 0 amide bonds. The first-order chi connectivity index (χ1) is 8.61. The number of benzene rings is 1. The zero-order valence-corrected chi connectivity index (χ0v) is 11.5. The molecule has 3 nitrogen and oxygen atoms in total. The van der Waals surface area contributed by atoms with Crippen LogP contribution >= 0.6 is 0 Å². The van der Waals surface area contributed by atoms with Crippen molar-refractivity contribution in [1.82, 2.24) is 4.90 Å². The van der Waals surface area contributed by atoms with Gasteiger partial charge in [-0.2, -0.15) is 0 Å². The van der Waals surface area contributed by atoms with Gasteiger partial charge in [0, 0.05) is 30.4 Å². The standard InChI is InChI=1S/C15H22N2O/c1-12-9-14(11-18)5-6-15(12)17-8-4-7-16(3)10-13(17)2/h5-6,9,11,13H,4,7-8,10H2,1-3H3. The van der Waals surface area contributed by atoms with Crippen molar-refractivity contribution < 1.29 is 4.79 Å². The van der Waals surface area contributed by atoms with Crippen molar-refractivity contribution in [2.45, 2.75) is 26.3 Å². The van der Waals surface area contributed by atoms with Gasteiger partial charge >= 0.3 is 0 Å². The first kappa shape index (κ1) is 13.1. The number of carbonyl (C=O) groups excluding carboxylic acids is 1. The molecule has 18 heavy (non-hydrogen) atoms. The van der Waals surface area contributed by atoms with Gasteiger partial charge in [0.25, 0.3) is 0 Å². The number of anilines is 1. The first-order valence-corrected chi connectivity index (χ1v) is 6.63. The largest absolute Gasteiger partial charge is 0.367 e. The van der Waals surface area contributed by atoms with Gasteiger partial charge in [0.15, 0.2) is 0 Å². The van der Waals surface area contributed by atoms with Gasteiger partial charge in [-0.3, -0.25) is 4.79 Å². The van der Waals surface area contributed by atoms with E-state index in [1.54, 1.807) is 0 Å². The molecule has 0 aromatic heterocycles. The van der Waals surface area contributed by atoms with E-state index in [0.29, 0.717) is 6.04 Å². The summed E-state index contributed by atoms with van der Waals surface area (Å²) in [5.41, 5.74) is 3.22. The number of aryl methyl sites for hydroxylation is 1. The summed E-state index contributed by atoms with van der Waals surface area (Å²) in [5, 5.41) is 0. The van der Waals surface area contributed by atoms with Crippen LogP contribution in [0.1, 0.15) is 29.3 Å². The Hall–Kier alpha value is -1.35. The molecule has 1 aliphatic rings. The third-order valence-corrected chi connectivity index (χ3v) is 3.71. The number of hydrogen-bond acceptors (Lipinski definition) is 3. The van der Waals surface area contributed by atoms with Crippen molar-refractivity contribution in [1.29, 1.82) is 0 Å². The maximum atomic E-state index is 10.8. The van der Waals surface area contributed by atoms with E-state index in [1.807, 2.05) is 12.1 Å². The average molecular weight is 246 g/mol. The predicted octanol–water partition coefficient (Wildman–Crippen LogP) is 2.34. The summed E-state index contributed by atoms with van der Waals surface area (Å²) in [6.45, 7) is 7.70. The first-order valence-electron chi connectivity index (χ1n) is 6.63. The van der Waals surface area contributed by atoms with Crippen LogP contribution in [-0.4, -0.2) is 43.9 Å². The van der Waals surface area contributed by atoms with Crippen LogP contribution in [0.15, 0.2) is 18.2 Å².